The van der Waals surface area contributed by atoms with Gasteiger partial charge >= 0.3 is 22.7 Å². The molecule has 14 heteroatoms. The summed E-state index contributed by atoms with van der Waals surface area (Å²) in [7, 11) is 0. The molecule has 35 heavy (non-hydrogen) atoms. The lowest BCUT2D eigenvalue weighted by molar-refractivity contribution is -0.346. The molecule has 2 aromatic rings. The zero-order chi connectivity index (χ0) is 25.4. The average Bonchev–Trinajstić information content (AvgIpc) is 3.49. The lowest BCUT2D eigenvalue weighted by atomic mass is 9.91. The minimum Gasteiger partial charge on any atom is -0.386 e. The topological polar surface area (TPSA) is 102 Å². The molecule has 4 rings (SSSR count). The fraction of sp³-hybridized carbons (Fsp3) is 0.524. The zero-order valence-corrected chi connectivity index (χ0v) is 21.9. The molecule has 3 heterocycles. The van der Waals surface area contributed by atoms with Crippen LogP contribution >= 0.6 is 11.6 Å². The Balaban J connectivity index is 1.54. The highest BCUT2D eigenvalue weighted by Crippen LogP contribution is 2.42. The van der Waals surface area contributed by atoms with Crippen LogP contribution < -0.4 is 0 Å². The predicted octanol–water partition coefficient (Wildman–Crippen LogP) is 2.22. The first kappa shape index (κ1) is 26.1. The minimum atomic E-state index is -4.68. The molecule has 2 unspecified atom stereocenters. The third-order valence-electron chi connectivity index (χ3n) is 5.94. The Morgan fingerprint density at radius 1 is 1.29 bits per heavy atom. The molecular weight excluding hydrogens is 506 g/mol. The first-order valence-electron chi connectivity index (χ1n) is 11.1. The second-order valence-corrected chi connectivity index (χ2v) is 9.75. The van der Waals surface area contributed by atoms with Crippen molar-refractivity contribution in [2.45, 2.75) is 50.8 Å². The van der Waals surface area contributed by atoms with Crippen molar-refractivity contribution >= 4 is 39.7 Å². The SMILES string of the molecule is CC(O)c1nc(CN2N=C(c3ccc(Cl)cc3)C(CCCC3(C(F)(F)F)OCCO3)C2=O)n[n]1[AlH2]. The van der Waals surface area contributed by atoms with Crippen LogP contribution in [0.3, 0.4) is 0 Å². The maximum Gasteiger partial charge on any atom is 0.443 e. The van der Waals surface area contributed by atoms with Crippen molar-refractivity contribution < 1.29 is 32.5 Å². The molecule has 1 saturated heterocycles. The second-order valence-electron chi connectivity index (χ2n) is 8.47. The lowest BCUT2D eigenvalue weighted by Gasteiger charge is -2.29. The molecule has 2 aliphatic heterocycles. The fourth-order valence-electron chi connectivity index (χ4n) is 4.26. The number of ether oxygens (including phenoxy) is 2. The number of nitrogens with zero attached hydrogens (tertiary/aromatic N) is 5. The van der Waals surface area contributed by atoms with Crippen molar-refractivity contribution in [1.82, 2.24) is 18.8 Å². The molecule has 188 valence electrons. The standard InChI is InChI=1S/C21H22ClF3N5O4.Al.2H/c1-12(31)18-26-16(27-28-18)11-30-19(32)15(17(29-30)13-4-6-14(22)7-5-13)3-2-8-20(21(23,24)25)33-9-10-34-20;;;/h4-7,12,15,31H,2-3,8-11H2,1H3;;;/q-1;+1;;. The number of aromatic nitrogens is 3. The summed E-state index contributed by atoms with van der Waals surface area (Å²) in [5.41, 5.74) is 1.07. The average molecular weight is 530 g/mol. The number of amides is 1. The summed E-state index contributed by atoms with van der Waals surface area (Å²) >= 11 is 6.48. The molecule has 1 fully saturated rings. The van der Waals surface area contributed by atoms with E-state index in [9.17, 15) is 23.1 Å². The molecule has 2 aliphatic rings. The maximum atomic E-state index is 13.6. The van der Waals surface area contributed by atoms with Gasteiger partial charge in [0.25, 0.3) is 11.7 Å². The van der Waals surface area contributed by atoms with Gasteiger partial charge in [0, 0.05) is 11.4 Å². The van der Waals surface area contributed by atoms with Crippen LogP contribution in [0.1, 0.15) is 49.5 Å². The van der Waals surface area contributed by atoms with Crippen LogP contribution in [0.4, 0.5) is 13.2 Å². The van der Waals surface area contributed by atoms with Gasteiger partial charge in [0.05, 0.1) is 24.8 Å². The predicted molar refractivity (Wildman–Crippen MR) is 121 cm³/mol. The molecule has 0 spiro atoms. The fourth-order valence-corrected chi connectivity index (χ4v) is 5.09. The number of alkyl halides is 3. The number of aliphatic hydroxyl groups excluding tert-OH is 1. The number of carbonyl (C=O) groups excluding carboxylic acids is 1. The summed E-state index contributed by atoms with van der Waals surface area (Å²) in [4.78, 5) is 17.6. The second kappa shape index (κ2) is 10.2. The number of hydrogen-bond acceptors (Lipinski definition) is 7. The van der Waals surface area contributed by atoms with Crippen molar-refractivity contribution in [2.75, 3.05) is 13.2 Å². The van der Waals surface area contributed by atoms with E-state index >= 15 is 0 Å². The Hall–Kier alpha value is -2.01. The van der Waals surface area contributed by atoms with E-state index in [1.807, 2.05) is 0 Å². The lowest BCUT2D eigenvalue weighted by Crippen LogP contribution is -2.46. The van der Waals surface area contributed by atoms with Gasteiger partial charge in [-0.05, 0) is 37.5 Å². The van der Waals surface area contributed by atoms with Crippen LogP contribution in [0.15, 0.2) is 29.4 Å². The molecule has 1 N–H and O–H groups in total. The van der Waals surface area contributed by atoms with Crippen molar-refractivity contribution in [3.63, 3.8) is 0 Å². The van der Waals surface area contributed by atoms with Gasteiger partial charge < -0.3 is 18.2 Å². The maximum absolute atomic E-state index is 13.6. The number of hydrogen-bond donors (Lipinski definition) is 1. The van der Waals surface area contributed by atoms with E-state index in [0.29, 0.717) is 44.5 Å². The Bertz CT molecular complexity index is 1100. The van der Waals surface area contributed by atoms with Gasteiger partial charge in [-0.15, -0.1) is 0 Å². The van der Waals surface area contributed by atoms with E-state index in [-0.39, 0.29) is 38.5 Å². The highest BCUT2D eigenvalue weighted by atomic mass is 35.5. The Labute approximate surface area is 212 Å². The van der Waals surface area contributed by atoms with Crippen molar-refractivity contribution in [3.8, 4) is 0 Å². The van der Waals surface area contributed by atoms with E-state index in [1.165, 1.54) is 5.01 Å². The smallest absolute Gasteiger partial charge is 0.386 e. The Morgan fingerprint density at radius 3 is 2.51 bits per heavy atom. The molecule has 1 aromatic carbocycles. The van der Waals surface area contributed by atoms with E-state index in [2.05, 4.69) is 15.2 Å². The van der Waals surface area contributed by atoms with Crippen LogP contribution in [0.5, 0.6) is 0 Å². The van der Waals surface area contributed by atoms with Gasteiger partial charge in [-0.3, -0.25) is 4.79 Å². The van der Waals surface area contributed by atoms with Crippen LogP contribution in [-0.2, 0) is 20.8 Å². The highest BCUT2D eigenvalue weighted by molar-refractivity contribution is 6.30. The van der Waals surface area contributed by atoms with E-state index in [1.54, 1.807) is 34.9 Å². The quantitative estimate of drug-likeness (QED) is 0.526. The van der Waals surface area contributed by atoms with Gasteiger partial charge in [-0.25, -0.2) is 9.99 Å². The van der Waals surface area contributed by atoms with Crippen molar-refractivity contribution in [1.29, 1.82) is 0 Å². The molecule has 0 radical (unpaired) electrons. The Morgan fingerprint density at radius 2 is 1.94 bits per heavy atom. The molecule has 1 aromatic heterocycles. The summed E-state index contributed by atoms with van der Waals surface area (Å²) in [5.74, 6) is -3.08. The van der Waals surface area contributed by atoms with E-state index in [4.69, 9.17) is 21.1 Å². The third-order valence-corrected chi connectivity index (χ3v) is 6.85. The summed E-state index contributed by atoms with van der Waals surface area (Å²) in [6.07, 6.45) is -5.79. The minimum absolute atomic E-state index is 0.0238. The molecule has 0 aliphatic carbocycles. The molecule has 9 nitrogen and oxygen atoms in total. The van der Waals surface area contributed by atoms with Crippen LogP contribution in [0.2, 0.25) is 5.02 Å². The van der Waals surface area contributed by atoms with Gasteiger partial charge in [0.2, 0.25) is 0 Å². The van der Waals surface area contributed by atoms with E-state index in [0.717, 1.165) is 0 Å². The van der Waals surface area contributed by atoms with Gasteiger partial charge in [0.15, 0.2) is 5.82 Å². The normalized spacial score (nSPS) is 21.0. The van der Waals surface area contributed by atoms with E-state index < -0.39 is 30.4 Å². The number of carbonyl (C=O) groups is 1. The summed E-state index contributed by atoms with van der Waals surface area (Å²) < 4.78 is 52.1. The molecule has 1 amide bonds. The molecular formula is C21H24AlClF3N5O4. The Kier molecular flexibility index (Phi) is 7.57. The van der Waals surface area contributed by atoms with Crippen molar-refractivity contribution in [2.24, 2.45) is 11.0 Å². The van der Waals surface area contributed by atoms with Gasteiger partial charge in [0.1, 0.15) is 18.5 Å². The summed E-state index contributed by atoms with van der Waals surface area (Å²) in [5, 5.41) is 20.3. The third kappa shape index (κ3) is 5.40. The number of rotatable bonds is 8. The first-order valence-corrected chi connectivity index (χ1v) is 12.4. The highest BCUT2D eigenvalue weighted by Gasteiger charge is 2.59. The first-order chi connectivity index (χ1) is 16.5. The van der Waals surface area contributed by atoms with Crippen LogP contribution in [-0.4, -0.2) is 77.2 Å². The van der Waals surface area contributed by atoms with Crippen molar-refractivity contribution in [3.05, 3.63) is 46.5 Å². The molecule has 2 atom stereocenters. The molecule has 0 bridgehead atoms. The van der Waals surface area contributed by atoms with Crippen LogP contribution in [0, 0.1) is 5.92 Å². The number of halogens is 4. The summed E-state index contributed by atoms with van der Waals surface area (Å²) in [6.45, 7) is 1.27. The van der Waals surface area contributed by atoms with Gasteiger partial charge in [-0.1, -0.05) is 23.7 Å². The monoisotopic (exact) mass is 529 g/mol. The number of hydrazone groups is 1. The largest absolute Gasteiger partial charge is 0.443 e. The number of aliphatic hydroxyl groups is 1. The van der Waals surface area contributed by atoms with Crippen LogP contribution in [0.25, 0.3) is 0 Å². The molecule has 0 saturated carbocycles. The number of benzene rings is 1. The van der Waals surface area contributed by atoms with Gasteiger partial charge in [-0.2, -0.15) is 23.4 Å². The zero-order valence-electron chi connectivity index (χ0n) is 19.1. The summed E-state index contributed by atoms with van der Waals surface area (Å²) in [6, 6.07) is 6.73.